The van der Waals surface area contributed by atoms with Gasteiger partial charge in [-0.3, -0.25) is 5.10 Å². The molecule has 8 nitrogen and oxygen atoms in total. The number of nitrogens with zero attached hydrogens (tertiary/aromatic N) is 3. The quantitative estimate of drug-likeness (QED) is 0.720. The summed E-state index contributed by atoms with van der Waals surface area (Å²) >= 11 is 3.25. The SMILES string of the molecule is CCCCNc1nc(OC(N)=O)nc2c(Br)n[nH]c12. The number of fused-ring (bicyclic) bond motifs is 1. The van der Waals surface area contributed by atoms with Gasteiger partial charge in [-0.25, -0.2) is 4.79 Å². The van der Waals surface area contributed by atoms with Crippen molar-refractivity contribution in [3.05, 3.63) is 4.60 Å². The number of aromatic nitrogens is 4. The van der Waals surface area contributed by atoms with Crippen LogP contribution in [-0.2, 0) is 0 Å². The molecule has 102 valence electrons. The fraction of sp³-hybridized carbons (Fsp3) is 0.400. The number of anilines is 1. The number of hydrogen-bond acceptors (Lipinski definition) is 6. The van der Waals surface area contributed by atoms with Crippen LogP contribution in [0.25, 0.3) is 11.0 Å². The number of hydrogen-bond donors (Lipinski definition) is 3. The smallest absolute Gasteiger partial charge is 0.374 e. The van der Waals surface area contributed by atoms with E-state index in [0.29, 0.717) is 21.5 Å². The summed E-state index contributed by atoms with van der Waals surface area (Å²) < 4.78 is 5.22. The molecular weight excluding hydrogens is 316 g/mol. The molecule has 0 atom stereocenters. The molecule has 4 N–H and O–H groups in total. The van der Waals surface area contributed by atoms with Gasteiger partial charge in [0.25, 0.3) is 0 Å². The number of nitrogens with two attached hydrogens (primary N) is 1. The zero-order chi connectivity index (χ0) is 13.8. The molecule has 2 rings (SSSR count). The number of ether oxygens (including phenoxy) is 1. The standard InChI is InChI=1S/C10H13BrN6O2/c1-2-3-4-13-8-6-5(7(11)17-16-6)14-10(15-8)19-9(12)18/h2-4H2,1H3,(H2,12,18)(H,16,17)(H,13,14,15). The highest BCUT2D eigenvalue weighted by molar-refractivity contribution is 9.10. The van der Waals surface area contributed by atoms with Crippen molar-refractivity contribution < 1.29 is 9.53 Å². The Hall–Kier alpha value is -1.90. The minimum Gasteiger partial charge on any atom is -0.374 e. The highest BCUT2D eigenvalue weighted by Crippen LogP contribution is 2.26. The Labute approximate surface area is 117 Å². The lowest BCUT2D eigenvalue weighted by Gasteiger charge is -2.07. The maximum Gasteiger partial charge on any atom is 0.412 e. The third-order valence-corrected chi connectivity index (χ3v) is 2.92. The van der Waals surface area contributed by atoms with Gasteiger partial charge in [0.2, 0.25) is 0 Å². The van der Waals surface area contributed by atoms with Crippen LogP contribution in [0.15, 0.2) is 4.60 Å². The van der Waals surface area contributed by atoms with E-state index < -0.39 is 6.09 Å². The molecule has 2 aromatic heterocycles. The van der Waals surface area contributed by atoms with Gasteiger partial charge in [-0.15, -0.1) is 0 Å². The monoisotopic (exact) mass is 328 g/mol. The van der Waals surface area contributed by atoms with Gasteiger partial charge in [0, 0.05) is 6.54 Å². The number of carbonyl (C=O) groups excluding carboxylic acids is 1. The maximum atomic E-state index is 10.8. The molecule has 0 radical (unpaired) electrons. The highest BCUT2D eigenvalue weighted by atomic mass is 79.9. The molecular formula is C10H13BrN6O2. The van der Waals surface area contributed by atoms with Crippen LogP contribution in [0.5, 0.6) is 6.01 Å². The fourth-order valence-electron chi connectivity index (χ4n) is 1.50. The van der Waals surface area contributed by atoms with Crippen LogP contribution >= 0.6 is 15.9 Å². The number of carbonyl (C=O) groups is 1. The largest absolute Gasteiger partial charge is 0.412 e. The lowest BCUT2D eigenvalue weighted by atomic mass is 10.3. The van der Waals surface area contributed by atoms with E-state index in [2.05, 4.69) is 48.3 Å². The highest BCUT2D eigenvalue weighted by Gasteiger charge is 2.14. The van der Waals surface area contributed by atoms with Gasteiger partial charge in [-0.05, 0) is 22.4 Å². The number of amides is 1. The Bertz CT molecular complexity index is 599. The van der Waals surface area contributed by atoms with Crippen LogP contribution in [-0.4, -0.2) is 32.8 Å². The molecule has 0 unspecified atom stereocenters. The average molecular weight is 329 g/mol. The molecule has 0 aliphatic carbocycles. The van der Waals surface area contributed by atoms with Gasteiger partial charge in [-0.2, -0.15) is 15.1 Å². The molecule has 19 heavy (non-hydrogen) atoms. The van der Waals surface area contributed by atoms with Crippen molar-refractivity contribution in [1.82, 2.24) is 20.2 Å². The van der Waals surface area contributed by atoms with E-state index in [-0.39, 0.29) is 6.01 Å². The fourth-order valence-corrected chi connectivity index (χ4v) is 1.88. The van der Waals surface area contributed by atoms with E-state index >= 15 is 0 Å². The summed E-state index contributed by atoms with van der Waals surface area (Å²) in [7, 11) is 0. The van der Waals surface area contributed by atoms with E-state index in [4.69, 9.17) is 10.5 Å². The van der Waals surface area contributed by atoms with Crippen molar-refractivity contribution in [2.75, 3.05) is 11.9 Å². The summed E-state index contributed by atoms with van der Waals surface area (Å²) in [6.07, 6.45) is 1.09. The summed E-state index contributed by atoms with van der Waals surface area (Å²) in [6, 6.07) is -0.110. The van der Waals surface area contributed by atoms with E-state index in [1.54, 1.807) is 0 Å². The second-order valence-electron chi connectivity index (χ2n) is 3.79. The second kappa shape index (κ2) is 5.83. The molecule has 0 aliphatic rings. The number of aromatic amines is 1. The molecule has 2 heterocycles. The first kappa shape index (κ1) is 13.5. The van der Waals surface area contributed by atoms with Crippen LogP contribution in [0.1, 0.15) is 19.8 Å². The number of primary amides is 1. The van der Waals surface area contributed by atoms with Gasteiger partial charge in [-0.1, -0.05) is 13.3 Å². The number of halogens is 1. The zero-order valence-corrected chi connectivity index (χ0v) is 11.8. The normalized spacial score (nSPS) is 10.6. The van der Waals surface area contributed by atoms with Crippen molar-refractivity contribution in [3.8, 4) is 6.01 Å². The molecule has 9 heteroatoms. The first-order valence-corrected chi connectivity index (χ1v) is 6.54. The van der Waals surface area contributed by atoms with E-state index in [9.17, 15) is 4.79 Å². The first-order chi connectivity index (χ1) is 9.11. The Kier molecular flexibility index (Phi) is 4.15. The van der Waals surface area contributed by atoms with Crippen molar-refractivity contribution in [1.29, 1.82) is 0 Å². The van der Waals surface area contributed by atoms with Crippen LogP contribution in [0.4, 0.5) is 10.6 Å². The third kappa shape index (κ3) is 3.11. The lowest BCUT2D eigenvalue weighted by molar-refractivity contribution is 0.207. The van der Waals surface area contributed by atoms with Gasteiger partial charge in [0.1, 0.15) is 11.0 Å². The van der Waals surface area contributed by atoms with E-state index in [1.807, 2.05) is 0 Å². The summed E-state index contributed by atoms with van der Waals surface area (Å²) in [5.41, 5.74) is 6.11. The van der Waals surface area contributed by atoms with E-state index in [1.165, 1.54) is 0 Å². The Balaban J connectivity index is 2.37. The van der Waals surface area contributed by atoms with Gasteiger partial charge in [0.05, 0.1) is 0 Å². The average Bonchev–Trinajstić information content (AvgIpc) is 2.71. The van der Waals surface area contributed by atoms with Crippen molar-refractivity contribution in [2.24, 2.45) is 5.73 Å². The Morgan fingerprint density at radius 2 is 2.32 bits per heavy atom. The maximum absolute atomic E-state index is 10.8. The summed E-state index contributed by atoms with van der Waals surface area (Å²) in [5, 5.41) is 9.93. The molecule has 0 aromatic carbocycles. The van der Waals surface area contributed by atoms with Crippen molar-refractivity contribution >= 4 is 38.9 Å². The zero-order valence-electron chi connectivity index (χ0n) is 10.2. The molecule has 0 saturated heterocycles. The number of nitrogens with one attached hydrogen (secondary N) is 2. The van der Waals surface area contributed by atoms with Gasteiger partial charge < -0.3 is 15.8 Å². The molecule has 0 spiro atoms. The number of unbranched alkanes of at least 4 members (excludes halogenated alkanes) is 1. The molecule has 1 amide bonds. The van der Waals surface area contributed by atoms with Crippen molar-refractivity contribution in [2.45, 2.75) is 19.8 Å². The second-order valence-corrected chi connectivity index (χ2v) is 4.55. The minimum absolute atomic E-state index is 0.110. The summed E-state index contributed by atoms with van der Waals surface area (Å²) in [4.78, 5) is 18.9. The van der Waals surface area contributed by atoms with Gasteiger partial charge in [0.15, 0.2) is 10.4 Å². The number of H-pyrrole nitrogens is 1. The molecule has 0 aliphatic heterocycles. The van der Waals surface area contributed by atoms with Crippen LogP contribution in [0.2, 0.25) is 0 Å². The van der Waals surface area contributed by atoms with E-state index in [0.717, 1.165) is 19.4 Å². The van der Waals surface area contributed by atoms with Crippen LogP contribution in [0.3, 0.4) is 0 Å². The molecule has 0 bridgehead atoms. The molecule has 0 saturated carbocycles. The predicted molar refractivity (Wildman–Crippen MR) is 73.0 cm³/mol. The van der Waals surface area contributed by atoms with Crippen molar-refractivity contribution in [3.63, 3.8) is 0 Å². The van der Waals surface area contributed by atoms with Crippen LogP contribution < -0.4 is 15.8 Å². The molecule has 0 fully saturated rings. The third-order valence-electron chi connectivity index (χ3n) is 2.36. The van der Waals surface area contributed by atoms with Crippen LogP contribution in [0, 0.1) is 0 Å². The van der Waals surface area contributed by atoms with Gasteiger partial charge >= 0.3 is 12.1 Å². The number of rotatable bonds is 5. The Morgan fingerprint density at radius 3 is 3.00 bits per heavy atom. The summed E-state index contributed by atoms with van der Waals surface area (Å²) in [6.45, 7) is 2.83. The summed E-state index contributed by atoms with van der Waals surface area (Å²) in [5.74, 6) is 0.521. The topological polar surface area (TPSA) is 119 Å². The minimum atomic E-state index is -0.960. The predicted octanol–water partition coefficient (Wildman–Crippen LogP) is 1.78. The first-order valence-electron chi connectivity index (χ1n) is 5.74. The Morgan fingerprint density at radius 1 is 1.53 bits per heavy atom. The molecule has 2 aromatic rings. The lowest BCUT2D eigenvalue weighted by Crippen LogP contribution is -2.18.